The molecule has 3 nitrogen and oxygen atoms in total. The molecule has 1 aromatic heterocycles. The average molecular weight is 296 g/mol. The van der Waals surface area contributed by atoms with E-state index in [1.54, 1.807) is 0 Å². The van der Waals surface area contributed by atoms with Crippen molar-refractivity contribution in [3.8, 4) is 0 Å². The fourth-order valence-corrected chi connectivity index (χ4v) is 2.49. The number of para-hydroxylation sites is 1. The van der Waals surface area contributed by atoms with Crippen LogP contribution in [0.3, 0.4) is 0 Å². The number of benzene rings is 1. The van der Waals surface area contributed by atoms with Gasteiger partial charge in [-0.2, -0.15) is 0 Å². The Morgan fingerprint density at radius 3 is 2.65 bits per heavy atom. The van der Waals surface area contributed by atoms with E-state index in [2.05, 4.69) is 15.9 Å². The van der Waals surface area contributed by atoms with Crippen LogP contribution < -0.4 is 0 Å². The van der Waals surface area contributed by atoms with Crippen molar-refractivity contribution in [2.75, 3.05) is 7.11 Å². The Morgan fingerprint density at radius 1 is 1.35 bits per heavy atom. The summed E-state index contributed by atoms with van der Waals surface area (Å²) in [6.45, 7) is 3.69. The number of hydrogen-bond donors (Lipinski definition) is 0. The molecule has 0 atom stereocenters. The van der Waals surface area contributed by atoms with Crippen LogP contribution in [-0.2, 0) is 15.1 Å². The summed E-state index contributed by atoms with van der Waals surface area (Å²) in [6, 6.07) is 7.94. The van der Waals surface area contributed by atoms with E-state index in [1.165, 1.54) is 7.11 Å². The van der Waals surface area contributed by atoms with Gasteiger partial charge < -0.3 is 9.30 Å². The van der Waals surface area contributed by atoms with Gasteiger partial charge in [-0.25, -0.2) is 4.79 Å². The lowest BCUT2D eigenvalue weighted by Crippen LogP contribution is -2.36. The Kier molecular flexibility index (Phi) is 3.00. The molecule has 0 bridgehead atoms. The van der Waals surface area contributed by atoms with Crippen LogP contribution in [0.25, 0.3) is 10.9 Å². The van der Waals surface area contributed by atoms with Crippen LogP contribution in [0.2, 0.25) is 0 Å². The van der Waals surface area contributed by atoms with Crippen LogP contribution in [0.5, 0.6) is 0 Å². The number of esters is 1. The number of aromatic nitrogens is 1. The summed E-state index contributed by atoms with van der Waals surface area (Å²) in [5.74, 6) is -0.259. The summed E-state index contributed by atoms with van der Waals surface area (Å²) in [5, 5.41) is 1.09. The molecule has 0 aliphatic heterocycles. The normalized spacial score (nSPS) is 11.8. The minimum Gasteiger partial charge on any atom is -0.467 e. The van der Waals surface area contributed by atoms with Crippen molar-refractivity contribution in [1.82, 2.24) is 4.57 Å². The zero-order valence-electron chi connectivity index (χ0n) is 10.0. The molecule has 90 valence electrons. The third-order valence-electron chi connectivity index (χ3n) is 2.95. The van der Waals surface area contributed by atoms with E-state index in [1.807, 2.05) is 48.9 Å². The number of hydrogen-bond acceptors (Lipinski definition) is 2. The molecule has 0 aliphatic carbocycles. The Labute approximate surface area is 108 Å². The zero-order valence-corrected chi connectivity index (χ0v) is 11.6. The topological polar surface area (TPSA) is 31.2 Å². The number of carbonyl (C=O) groups is 1. The van der Waals surface area contributed by atoms with Gasteiger partial charge in [-0.15, -0.1) is 0 Å². The van der Waals surface area contributed by atoms with E-state index in [0.29, 0.717) is 0 Å². The van der Waals surface area contributed by atoms with Gasteiger partial charge in [0.1, 0.15) is 5.54 Å². The molecule has 0 amide bonds. The summed E-state index contributed by atoms with van der Waals surface area (Å²) in [5.41, 5.74) is 0.287. The number of nitrogens with zero attached hydrogens (tertiary/aromatic N) is 1. The van der Waals surface area contributed by atoms with Crippen molar-refractivity contribution in [1.29, 1.82) is 0 Å². The highest BCUT2D eigenvalue weighted by molar-refractivity contribution is 9.10. The first kappa shape index (κ1) is 12.2. The predicted octanol–water partition coefficient (Wildman–Crippen LogP) is 3.31. The van der Waals surface area contributed by atoms with E-state index in [4.69, 9.17) is 4.74 Å². The van der Waals surface area contributed by atoms with Gasteiger partial charge in [0.2, 0.25) is 0 Å². The number of ether oxygens (including phenoxy) is 1. The summed E-state index contributed by atoms with van der Waals surface area (Å²) < 4.78 is 7.76. The van der Waals surface area contributed by atoms with Crippen molar-refractivity contribution < 1.29 is 9.53 Å². The van der Waals surface area contributed by atoms with Gasteiger partial charge in [0.15, 0.2) is 0 Å². The van der Waals surface area contributed by atoms with Crippen LogP contribution in [0, 0.1) is 0 Å². The van der Waals surface area contributed by atoms with Crippen molar-refractivity contribution in [2.45, 2.75) is 19.4 Å². The Morgan fingerprint density at radius 2 is 2.00 bits per heavy atom. The highest BCUT2D eigenvalue weighted by atomic mass is 79.9. The Hall–Kier alpha value is -1.29. The number of fused-ring (bicyclic) bond motifs is 1. The molecular formula is C13H14BrNO2. The number of halogens is 1. The maximum atomic E-state index is 11.8. The van der Waals surface area contributed by atoms with Crippen LogP contribution in [0.1, 0.15) is 13.8 Å². The second-order valence-corrected chi connectivity index (χ2v) is 5.27. The maximum absolute atomic E-state index is 11.8. The lowest BCUT2D eigenvalue weighted by molar-refractivity contribution is -0.149. The molecule has 0 saturated carbocycles. The van der Waals surface area contributed by atoms with Crippen LogP contribution in [0.15, 0.2) is 34.9 Å². The summed E-state index contributed by atoms with van der Waals surface area (Å²) in [7, 11) is 1.41. The molecule has 0 fully saturated rings. The highest BCUT2D eigenvalue weighted by Gasteiger charge is 2.32. The number of rotatable bonds is 2. The van der Waals surface area contributed by atoms with Crippen molar-refractivity contribution >= 4 is 32.8 Å². The first-order chi connectivity index (χ1) is 7.98. The van der Waals surface area contributed by atoms with E-state index in [-0.39, 0.29) is 5.97 Å². The van der Waals surface area contributed by atoms with Gasteiger partial charge in [0, 0.05) is 16.1 Å². The fourth-order valence-electron chi connectivity index (χ4n) is 1.95. The second kappa shape index (κ2) is 4.18. The van der Waals surface area contributed by atoms with Crippen LogP contribution in [-0.4, -0.2) is 17.6 Å². The zero-order chi connectivity index (χ0) is 12.6. The van der Waals surface area contributed by atoms with E-state index in [0.717, 1.165) is 15.4 Å². The van der Waals surface area contributed by atoms with Crippen molar-refractivity contribution in [2.24, 2.45) is 0 Å². The molecule has 1 aromatic carbocycles. The predicted molar refractivity (Wildman–Crippen MR) is 71.0 cm³/mol. The lowest BCUT2D eigenvalue weighted by Gasteiger charge is -2.24. The third-order valence-corrected chi connectivity index (χ3v) is 3.58. The van der Waals surface area contributed by atoms with Gasteiger partial charge >= 0.3 is 5.97 Å². The molecule has 0 unspecified atom stereocenters. The molecule has 0 radical (unpaired) electrons. The Balaban J connectivity index is 2.68. The molecule has 2 aromatic rings. The standard InChI is InChI=1S/C13H14BrNO2/c1-13(2,12(16)17-3)15-8-10(14)9-6-4-5-7-11(9)15/h4-8H,1-3H3. The quantitative estimate of drug-likeness (QED) is 0.796. The van der Waals surface area contributed by atoms with E-state index in [9.17, 15) is 4.79 Å². The molecule has 4 heteroatoms. The summed E-state index contributed by atoms with van der Waals surface area (Å²) in [4.78, 5) is 11.8. The third kappa shape index (κ3) is 1.86. The SMILES string of the molecule is COC(=O)C(C)(C)n1cc(Br)c2ccccc21. The van der Waals surface area contributed by atoms with Crippen molar-refractivity contribution in [3.63, 3.8) is 0 Å². The lowest BCUT2D eigenvalue weighted by atomic mass is 10.1. The van der Waals surface area contributed by atoms with Gasteiger partial charge in [0.25, 0.3) is 0 Å². The first-order valence-electron chi connectivity index (χ1n) is 5.33. The fraction of sp³-hybridized carbons (Fsp3) is 0.308. The van der Waals surface area contributed by atoms with Gasteiger partial charge in [0.05, 0.1) is 12.6 Å². The molecular weight excluding hydrogens is 282 g/mol. The second-order valence-electron chi connectivity index (χ2n) is 4.41. The monoisotopic (exact) mass is 295 g/mol. The number of methoxy groups -OCH3 is 1. The largest absolute Gasteiger partial charge is 0.467 e. The first-order valence-corrected chi connectivity index (χ1v) is 6.12. The minimum atomic E-state index is -0.722. The molecule has 0 N–H and O–H groups in total. The maximum Gasteiger partial charge on any atom is 0.331 e. The van der Waals surface area contributed by atoms with E-state index >= 15 is 0 Å². The average Bonchev–Trinajstić information content (AvgIpc) is 2.67. The molecule has 1 heterocycles. The van der Waals surface area contributed by atoms with Gasteiger partial charge in [-0.3, -0.25) is 0 Å². The van der Waals surface area contributed by atoms with Crippen LogP contribution in [0.4, 0.5) is 0 Å². The summed E-state index contributed by atoms with van der Waals surface area (Å²) in [6.07, 6.45) is 1.92. The minimum absolute atomic E-state index is 0.259. The molecule has 0 saturated heterocycles. The smallest absolute Gasteiger partial charge is 0.331 e. The molecule has 0 aliphatic rings. The van der Waals surface area contributed by atoms with E-state index < -0.39 is 5.54 Å². The van der Waals surface area contributed by atoms with Gasteiger partial charge in [-0.05, 0) is 35.8 Å². The molecule has 0 spiro atoms. The highest BCUT2D eigenvalue weighted by Crippen LogP contribution is 2.31. The molecule has 2 rings (SSSR count). The van der Waals surface area contributed by atoms with Crippen molar-refractivity contribution in [3.05, 3.63) is 34.9 Å². The van der Waals surface area contributed by atoms with Crippen LogP contribution >= 0.6 is 15.9 Å². The Bertz CT molecular complexity index is 572. The van der Waals surface area contributed by atoms with Gasteiger partial charge in [-0.1, -0.05) is 18.2 Å². The molecule has 17 heavy (non-hydrogen) atoms. The number of carbonyl (C=O) groups excluding carboxylic acids is 1. The summed E-state index contributed by atoms with van der Waals surface area (Å²) >= 11 is 3.51.